The smallest absolute Gasteiger partial charge is 0.245 e. The Labute approximate surface area is 468 Å². The minimum atomic E-state index is -3.81. The Bertz CT molecular complexity index is 3050. The third kappa shape index (κ3) is 11.8. The molecule has 0 fully saturated rings. The molecule has 2 bridgehead atoms. The van der Waals surface area contributed by atoms with E-state index in [2.05, 4.69) is 77.5 Å². The highest BCUT2D eigenvalue weighted by atomic mass is 32.2. The van der Waals surface area contributed by atoms with Gasteiger partial charge in [-0.2, -0.15) is 13.1 Å². The average molecular weight is 1080 g/mol. The molecule has 6 nitrogen and oxygen atoms in total. The van der Waals surface area contributed by atoms with Crippen LogP contribution in [0.15, 0.2) is 252 Å². The lowest BCUT2D eigenvalue weighted by Crippen LogP contribution is -2.41. The molecular formula is C70H79NO5S2. The minimum Gasteiger partial charge on any atom is -0.245 e. The molecule has 406 valence electrons. The van der Waals surface area contributed by atoms with Gasteiger partial charge in [0.2, 0.25) is 10.0 Å². The molecule has 14 rings (SSSR count). The second-order valence-electron chi connectivity index (χ2n) is 16.8. The van der Waals surface area contributed by atoms with Crippen molar-refractivity contribution in [3.63, 3.8) is 0 Å². The van der Waals surface area contributed by atoms with Crippen molar-refractivity contribution in [1.29, 1.82) is 0 Å². The van der Waals surface area contributed by atoms with Gasteiger partial charge in [0.05, 0.1) is 4.90 Å². The standard InChI is InChI=1S/C20H14.C19H15NO2S.C19H14O3S.6C2H6/c1-2-8-14-13(7-1)19-15-9-3-5-11-17(15)20(14)18-12-6-4-10-16(18)19;21-23(22)18-14-8-7-13-17(18)19(20-23,15-9-3-1-4-10-15)16-11-5-2-6-12-16;20-23(21)18-14-8-7-13-17(18)19(22-23,15-9-3-1-4-10-15)16-11-5-2-6-12-16;6*1-2/h1-12,19-20H;1-14,20H;1-14H;6*1-2H3. The molecule has 0 spiro atoms. The summed E-state index contributed by atoms with van der Waals surface area (Å²) in [5.41, 5.74) is 11.7. The zero-order valence-corrected chi connectivity index (χ0v) is 49.2. The third-order valence-corrected chi connectivity index (χ3v) is 16.1. The fraction of sp³-hybridized carbons (Fsp3) is 0.229. The van der Waals surface area contributed by atoms with Gasteiger partial charge in [-0.05, 0) is 67.8 Å². The number of hydrogen-bond acceptors (Lipinski definition) is 5. The van der Waals surface area contributed by atoms with Crippen LogP contribution in [0.1, 0.15) is 162 Å². The van der Waals surface area contributed by atoms with Crippen LogP contribution in [-0.2, 0) is 35.5 Å². The van der Waals surface area contributed by atoms with Crippen LogP contribution in [0.5, 0.6) is 0 Å². The largest absolute Gasteiger partial charge is 0.298 e. The molecule has 1 N–H and O–H groups in total. The van der Waals surface area contributed by atoms with Crippen molar-refractivity contribution in [2.45, 2.75) is 116 Å². The SMILES string of the molecule is CC.CC.CC.CC.CC.CC.O=S1(=O)NC(c2ccccc2)(c2ccccc2)c2ccccc21.O=S1(=O)OC(c2ccccc2)(c2ccccc2)c2ccccc21.c1ccc2c(c1)C1c3ccccc3C2c2ccccc21. The van der Waals surface area contributed by atoms with Crippen molar-refractivity contribution < 1.29 is 21.0 Å². The molecule has 8 heteroatoms. The quantitative estimate of drug-likeness (QED) is 0.177. The molecule has 0 amide bonds. The van der Waals surface area contributed by atoms with E-state index < -0.39 is 31.3 Å². The van der Waals surface area contributed by atoms with Gasteiger partial charge in [0, 0.05) is 23.0 Å². The maximum absolute atomic E-state index is 12.7. The van der Waals surface area contributed by atoms with Crippen molar-refractivity contribution in [2.24, 2.45) is 0 Å². The zero-order valence-electron chi connectivity index (χ0n) is 47.6. The summed E-state index contributed by atoms with van der Waals surface area (Å²) in [6.45, 7) is 24.0. The molecule has 9 aromatic carbocycles. The number of hydrogen-bond donors (Lipinski definition) is 1. The molecule has 2 heterocycles. The lowest BCUT2D eigenvalue weighted by molar-refractivity contribution is 0.180. The molecular weight excluding hydrogens is 999 g/mol. The Balaban J connectivity index is 0.000000197. The number of fused-ring (bicyclic) bond motifs is 2. The van der Waals surface area contributed by atoms with E-state index in [1.54, 1.807) is 24.3 Å². The molecule has 0 saturated heterocycles. The number of nitrogens with one attached hydrogen (secondary N) is 1. The highest BCUT2D eigenvalue weighted by Crippen LogP contribution is 2.55. The van der Waals surface area contributed by atoms with E-state index in [1.807, 2.05) is 229 Å². The third-order valence-electron chi connectivity index (χ3n) is 13.3. The first-order chi connectivity index (χ1) is 38.2. The molecule has 3 aliphatic carbocycles. The first-order valence-electron chi connectivity index (χ1n) is 27.9. The maximum atomic E-state index is 12.7. The van der Waals surface area contributed by atoms with Gasteiger partial charge in [-0.25, -0.2) is 12.6 Å². The van der Waals surface area contributed by atoms with Gasteiger partial charge in [0.25, 0.3) is 10.1 Å². The van der Waals surface area contributed by atoms with Crippen molar-refractivity contribution in [2.75, 3.05) is 0 Å². The molecule has 0 aromatic heterocycles. The molecule has 0 radical (unpaired) electrons. The number of rotatable bonds is 4. The summed E-state index contributed by atoms with van der Waals surface area (Å²) in [7, 11) is -7.37. The van der Waals surface area contributed by atoms with Crippen molar-refractivity contribution in [3.8, 4) is 0 Å². The molecule has 0 unspecified atom stereocenters. The average Bonchev–Trinajstić information content (AvgIpc) is 4.15. The Morgan fingerprint density at radius 3 is 0.897 bits per heavy atom. The Hall–Kier alpha value is -7.20. The van der Waals surface area contributed by atoms with Crippen molar-refractivity contribution in [1.82, 2.24) is 4.72 Å². The first-order valence-corrected chi connectivity index (χ1v) is 30.8. The van der Waals surface area contributed by atoms with Crippen LogP contribution in [0.3, 0.4) is 0 Å². The predicted molar refractivity (Wildman–Crippen MR) is 326 cm³/mol. The highest BCUT2D eigenvalue weighted by molar-refractivity contribution is 7.90. The summed E-state index contributed by atoms with van der Waals surface area (Å²) < 4.78 is 59.3. The van der Waals surface area contributed by atoms with Crippen LogP contribution in [-0.4, -0.2) is 16.8 Å². The lowest BCUT2D eigenvalue weighted by atomic mass is 9.61. The van der Waals surface area contributed by atoms with E-state index in [4.69, 9.17) is 4.18 Å². The topological polar surface area (TPSA) is 89.5 Å². The minimum absolute atomic E-state index is 0.229. The number of benzene rings is 9. The molecule has 78 heavy (non-hydrogen) atoms. The van der Waals surface area contributed by atoms with E-state index in [9.17, 15) is 16.8 Å². The Morgan fingerprint density at radius 1 is 0.308 bits per heavy atom. The van der Waals surface area contributed by atoms with Crippen LogP contribution in [0, 0.1) is 0 Å². The zero-order chi connectivity index (χ0) is 56.9. The Kier molecular flexibility index (Phi) is 22.9. The molecule has 0 saturated carbocycles. The van der Waals surface area contributed by atoms with Gasteiger partial charge >= 0.3 is 0 Å². The first kappa shape index (κ1) is 61.7. The molecule has 9 aromatic rings. The van der Waals surface area contributed by atoms with E-state index in [0.29, 0.717) is 22.3 Å². The van der Waals surface area contributed by atoms with Crippen LogP contribution in [0.25, 0.3) is 0 Å². The van der Waals surface area contributed by atoms with E-state index >= 15 is 0 Å². The van der Waals surface area contributed by atoms with Crippen LogP contribution in [0.2, 0.25) is 0 Å². The van der Waals surface area contributed by atoms with Gasteiger partial charge in [-0.15, -0.1) is 0 Å². The van der Waals surface area contributed by atoms with E-state index in [1.165, 1.54) is 33.4 Å². The summed E-state index contributed by atoms with van der Waals surface area (Å²) in [5.74, 6) is 0.840. The van der Waals surface area contributed by atoms with Gasteiger partial charge in [0.1, 0.15) is 10.4 Å². The predicted octanol–water partition coefficient (Wildman–Crippen LogP) is 17.8. The second-order valence-corrected chi connectivity index (χ2v) is 19.9. The summed E-state index contributed by atoms with van der Waals surface area (Å²) in [6.07, 6.45) is 0. The molecule has 5 aliphatic rings. The van der Waals surface area contributed by atoms with Gasteiger partial charge in [0.15, 0.2) is 5.60 Å². The summed E-state index contributed by atoms with van der Waals surface area (Å²) in [6, 6.07) is 79.3. The summed E-state index contributed by atoms with van der Waals surface area (Å²) >= 11 is 0. The van der Waals surface area contributed by atoms with Gasteiger partial charge < -0.3 is 0 Å². The van der Waals surface area contributed by atoms with Crippen molar-refractivity contribution >= 4 is 20.1 Å². The van der Waals surface area contributed by atoms with Crippen LogP contribution in [0.4, 0.5) is 0 Å². The Morgan fingerprint density at radius 2 is 0.564 bits per heavy atom. The summed E-state index contributed by atoms with van der Waals surface area (Å²) in [5, 5.41) is 0. The van der Waals surface area contributed by atoms with Gasteiger partial charge in [-0.3, -0.25) is 0 Å². The van der Waals surface area contributed by atoms with E-state index in [0.717, 1.165) is 27.8 Å². The monoisotopic (exact) mass is 1080 g/mol. The maximum Gasteiger partial charge on any atom is 0.298 e. The summed E-state index contributed by atoms with van der Waals surface area (Å²) in [4.78, 5) is 0.570. The fourth-order valence-electron chi connectivity index (χ4n) is 10.6. The van der Waals surface area contributed by atoms with Crippen LogP contribution < -0.4 is 4.72 Å². The number of sulfonamides is 1. The molecule has 0 atom stereocenters. The second kappa shape index (κ2) is 29.0. The molecule has 2 aliphatic heterocycles. The fourth-order valence-corrected chi connectivity index (χ4v) is 13.6. The lowest BCUT2D eigenvalue weighted by Gasteiger charge is -2.42. The highest BCUT2D eigenvalue weighted by Gasteiger charge is 2.51. The van der Waals surface area contributed by atoms with Crippen LogP contribution >= 0.6 is 0 Å². The van der Waals surface area contributed by atoms with E-state index in [-0.39, 0.29) is 4.90 Å². The normalized spacial score (nSPS) is 16.2. The van der Waals surface area contributed by atoms with Crippen molar-refractivity contribution in [3.05, 3.63) is 309 Å². The van der Waals surface area contributed by atoms with Gasteiger partial charge in [-0.1, -0.05) is 314 Å².